The van der Waals surface area contributed by atoms with E-state index >= 15 is 0 Å². The molecular formula is C22H27NO4. The van der Waals surface area contributed by atoms with Gasteiger partial charge in [-0.05, 0) is 48.6 Å². The second-order valence-corrected chi connectivity index (χ2v) is 7.35. The van der Waals surface area contributed by atoms with E-state index in [1.807, 2.05) is 26.0 Å². The molecule has 144 valence electrons. The number of carboxylic acid groups (broad SMARTS) is 1. The van der Waals surface area contributed by atoms with Crippen LogP contribution in [0.2, 0.25) is 0 Å². The first kappa shape index (κ1) is 20.5. The van der Waals surface area contributed by atoms with Crippen molar-refractivity contribution in [1.82, 2.24) is 4.90 Å². The van der Waals surface area contributed by atoms with E-state index in [1.165, 1.54) is 0 Å². The maximum absolute atomic E-state index is 12.4. The zero-order valence-corrected chi connectivity index (χ0v) is 16.6. The van der Waals surface area contributed by atoms with Crippen molar-refractivity contribution in [2.45, 2.75) is 40.0 Å². The number of hydrogen-bond acceptors (Lipinski definition) is 3. The van der Waals surface area contributed by atoms with Crippen LogP contribution in [0.1, 0.15) is 50.5 Å². The quantitative estimate of drug-likeness (QED) is 0.787. The van der Waals surface area contributed by atoms with Crippen LogP contribution in [0.15, 0.2) is 42.5 Å². The molecule has 5 nitrogen and oxygen atoms in total. The molecule has 0 aliphatic carbocycles. The Balaban J connectivity index is 2.62. The first-order valence-corrected chi connectivity index (χ1v) is 9.13. The van der Waals surface area contributed by atoms with Gasteiger partial charge in [0.15, 0.2) is 0 Å². The maximum Gasteiger partial charge on any atom is 0.415 e. The fourth-order valence-electron chi connectivity index (χ4n) is 2.84. The normalized spacial score (nSPS) is 11.1. The third-order valence-electron chi connectivity index (χ3n) is 4.51. The molecule has 1 amide bonds. The van der Waals surface area contributed by atoms with Crippen LogP contribution in [-0.4, -0.2) is 35.2 Å². The van der Waals surface area contributed by atoms with Gasteiger partial charge in [-0.25, -0.2) is 9.59 Å². The van der Waals surface area contributed by atoms with E-state index in [-0.39, 0.29) is 11.0 Å². The summed E-state index contributed by atoms with van der Waals surface area (Å²) in [4.78, 5) is 25.7. The molecule has 2 aromatic rings. The van der Waals surface area contributed by atoms with Gasteiger partial charge in [-0.2, -0.15) is 0 Å². The molecule has 0 spiro atoms. The Morgan fingerprint density at radius 2 is 1.63 bits per heavy atom. The number of hydrogen-bond donors (Lipinski definition) is 1. The highest BCUT2D eigenvalue weighted by atomic mass is 16.6. The topological polar surface area (TPSA) is 66.8 Å². The number of benzene rings is 2. The van der Waals surface area contributed by atoms with E-state index < -0.39 is 12.1 Å². The van der Waals surface area contributed by atoms with Crippen molar-refractivity contribution in [2.24, 2.45) is 0 Å². The summed E-state index contributed by atoms with van der Waals surface area (Å²) in [6.45, 7) is 11.1. The Kier molecular flexibility index (Phi) is 6.26. The molecule has 2 aromatic carbocycles. The second-order valence-electron chi connectivity index (χ2n) is 7.35. The maximum atomic E-state index is 12.4. The average Bonchev–Trinajstić information content (AvgIpc) is 2.62. The molecule has 0 saturated carbocycles. The van der Waals surface area contributed by atoms with E-state index in [4.69, 9.17) is 4.74 Å². The third kappa shape index (κ3) is 4.67. The van der Waals surface area contributed by atoms with Crippen LogP contribution in [0.3, 0.4) is 0 Å². The number of carbonyl (C=O) groups excluding carboxylic acids is 1. The molecule has 0 aliphatic rings. The van der Waals surface area contributed by atoms with Crippen molar-refractivity contribution in [3.05, 3.63) is 53.6 Å². The van der Waals surface area contributed by atoms with Crippen molar-refractivity contribution in [3.63, 3.8) is 0 Å². The average molecular weight is 369 g/mol. The minimum atomic E-state index is -1.02. The number of carbonyl (C=O) groups is 2. The van der Waals surface area contributed by atoms with Gasteiger partial charge in [0.1, 0.15) is 5.75 Å². The second kappa shape index (κ2) is 8.25. The first-order chi connectivity index (χ1) is 12.7. The lowest BCUT2D eigenvalue weighted by Gasteiger charge is -2.23. The van der Waals surface area contributed by atoms with Gasteiger partial charge in [-0.3, -0.25) is 0 Å². The highest BCUT2D eigenvalue weighted by molar-refractivity contribution is 5.97. The van der Waals surface area contributed by atoms with Gasteiger partial charge in [-0.1, -0.05) is 45.0 Å². The molecule has 0 unspecified atom stereocenters. The van der Waals surface area contributed by atoms with Crippen LogP contribution in [-0.2, 0) is 5.41 Å². The molecule has 0 heterocycles. The molecule has 0 bridgehead atoms. The smallest absolute Gasteiger partial charge is 0.415 e. The molecule has 0 aliphatic heterocycles. The van der Waals surface area contributed by atoms with E-state index in [9.17, 15) is 14.7 Å². The molecule has 0 fully saturated rings. The predicted octanol–water partition coefficient (Wildman–Crippen LogP) is 5.19. The van der Waals surface area contributed by atoms with Crippen molar-refractivity contribution in [2.75, 3.05) is 13.1 Å². The van der Waals surface area contributed by atoms with Gasteiger partial charge in [0.05, 0.1) is 5.56 Å². The molecule has 27 heavy (non-hydrogen) atoms. The summed E-state index contributed by atoms with van der Waals surface area (Å²) in [7, 11) is 0. The van der Waals surface area contributed by atoms with Crippen LogP contribution in [0.5, 0.6) is 5.75 Å². The Morgan fingerprint density at radius 1 is 1.00 bits per heavy atom. The summed E-state index contributed by atoms with van der Waals surface area (Å²) >= 11 is 0. The van der Waals surface area contributed by atoms with Crippen LogP contribution < -0.4 is 4.74 Å². The van der Waals surface area contributed by atoms with Crippen molar-refractivity contribution >= 4 is 12.1 Å². The van der Waals surface area contributed by atoms with Gasteiger partial charge in [-0.15, -0.1) is 0 Å². The zero-order valence-electron chi connectivity index (χ0n) is 16.6. The van der Waals surface area contributed by atoms with Crippen molar-refractivity contribution in [1.29, 1.82) is 0 Å². The zero-order chi connectivity index (χ0) is 20.2. The van der Waals surface area contributed by atoms with E-state index in [1.54, 1.807) is 35.2 Å². The standard InChI is InChI=1S/C22H27NO4/c1-6-23(7-2)21(26)27-19-13-12-15(22(3,4)5)14-18(19)16-10-8-9-11-17(16)20(24)25/h8-14H,6-7H2,1-5H3,(H,24,25). The summed E-state index contributed by atoms with van der Waals surface area (Å²) in [5, 5.41) is 9.58. The van der Waals surface area contributed by atoms with Gasteiger partial charge in [0.25, 0.3) is 0 Å². The lowest BCUT2D eigenvalue weighted by Crippen LogP contribution is -2.33. The number of rotatable bonds is 5. The Bertz CT molecular complexity index is 832. The molecule has 0 aromatic heterocycles. The van der Waals surface area contributed by atoms with Crippen LogP contribution in [0.25, 0.3) is 11.1 Å². The molecule has 2 rings (SSSR count). The monoisotopic (exact) mass is 369 g/mol. The molecule has 0 atom stereocenters. The van der Waals surface area contributed by atoms with Crippen LogP contribution >= 0.6 is 0 Å². The highest BCUT2D eigenvalue weighted by Crippen LogP contribution is 2.36. The lowest BCUT2D eigenvalue weighted by atomic mass is 9.84. The Hall–Kier alpha value is -2.82. The van der Waals surface area contributed by atoms with Gasteiger partial charge in [0, 0.05) is 18.7 Å². The summed E-state index contributed by atoms with van der Waals surface area (Å²) in [6.07, 6.45) is -0.447. The number of ether oxygens (including phenoxy) is 1. The molecular weight excluding hydrogens is 342 g/mol. The van der Waals surface area contributed by atoms with Crippen molar-refractivity contribution in [3.8, 4) is 16.9 Å². The van der Waals surface area contributed by atoms with E-state index in [0.717, 1.165) is 5.56 Å². The van der Waals surface area contributed by atoms with Gasteiger partial charge >= 0.3 is 12.1 Å². The summed E-state index contributed by atoms with van der Waals surface area (Å²) in [6, 6.07) is 12.3. The Labute approximate surface area is 160 Å². The lowest BCUT2D eigenvalue weighted by molar-refractivity contribution is 0.0697. The molecule has 0 saturated heterocycles. The largest absolute Gasteiger partial charge is 0.478 e. The van der Waals surface area contributed by atoms with E-state index in [0.29, 0.717) is 30.0 Å². The summed E-state index contributed by atoms with van der Waals surface area (Å²) in [5.41, 5.74) is 2.19. The summed E-state index contributed by atoms with van der Waals surface area (Å²) in [5.74, 6) is -0.665. The molecule has 0 radical (unpaired) electrons. The fourth-order valence-corrected chi connectivity index (χ4v) is 2.84. The first-order valence-electron chi connectivity index (χ1n) is 9.13. The van der Waals surface area contributed by atoms with E-state index in [2.05, 4.69) is 20.8 Å². The van der Waals surface area contributed by atoms with Gasteiger partial charge < -0.3 is 14.7 Å². The van der Waals surface area contributed by atoms with Crippen LogP contribution in [0, 0.1) is 0 Å². The third-order valence-corrected chi connectivity index (χ3v) is 4.51. The predicted molar refractivity (Wildman–Crippen MR) is 106 cm³/mol. The Morgan fingerprint density at radius 3 is 2.19 bits per heavy atom. The molecule has 1 N–H and O–H groups in total. The highest BCUT2D eigenvalue weighted by Gasteiger charge is 2.22. The SMILES string of the molecule is CCN(CC)C(=O)Oc1ccc(C(C)(C)C)cc1-c1ccccc1C(=O)O. The number of carboxylic acids is 1. The van der Waals surface area contributed by atoms with Gasteiger partial charge in [0.2, 0.25) is 0 Å². The van der Waals surface area contributed by atoms with Crippen molar-refractivity contribution < 1.29 is 19.4 Å². The fraction of sp³-hybridized carbons (Fsp3) is 0.364. The summed E-state index contributed by atoms with van der Waals surface area (Å²) < 4.78 is 5.64. The van der Waals surface area contributed by atoms with Crippen LogP contribution in [0.4, 0.5) is 4.79 Å². The molecule has 5 heteroatoms. The minimum Gasteiger partial charge on any atom is -0.478 e. The minimum absolute atomic E-state index is 0.131. The number of nitrogens with zero attached hydrogens (tertiary/aromatic N) is 1. The number of aromatic carboxylic acids is 1. The number of amides is 1.